The van der Waals surface area contributed by atoms with Crippen molar-refractivity contribution in [2.45, 2.75) is 23.6 Å². The van der Waals surface area contributed by atoms with Crippen LogP contribution in [0.15, 0.2) is 102 Å². The third kappa shape index (κ3) is 6.12. The molecule has 0 fully saturated rings. The first-order valence-electron chi connectivity index (χ1n) is 11.8. The van der Waals surface area contributed by atoms with Crippen molar-refractivity contribution in [1.29, 1.82) is 0 Å². The van der Waals surface area contributed by atoms with Gasteiger partial charge in [0.2, 0.25) is 10.0 Å². The fraction of sp³-hybridized carbons (Fsp3) is 0.143. The van der Waals surface area contributed by atoms with Crippen LogP contribution in [0.5, 0.6) is 5.75 Å². The molecular formula is C28H25ClF2NO6PS. The Morgan fingerprint density at radius 1 is 0.900 bits per heavy atom. The molecule has 2 N–H and O–H groups in total. The maximum absolute atomic E-state index is 14.3. The monoisotopic (exact) mass is 607 g/mol. The summed E-state index contributed by atoms with van der Waals surface area (Å²) in [6.07, 6.45) is 0. The lowest BCUT2D eigenvalue weighted by Gasteiger charge is -2.25. The SMILES string of the molecule is COc1ccccc1S(=O)(=O)N(Cc1ccc(C(F)(F)P(=O)(O)O)c(Cl)c1)Cc1ccccc1-c1ccccc1. The van der Waals surface area contributed by atoms with Crippen LogP contribution in [0.2, 0.25) is 5.02 Å². The van der Waals surface area contributed by atoms with Crippen molar-refractivity contribution in [3.05, 3.63) is 119 Å². The molecule has 0 atom stereocenters. The van der Waals surface area contributed by atoms with Crippen LogP contribution in [0, 0.1) is 0 Å². The average Bonchev–Trinajstić information content (AvgIpc) is 2.92. The van der Waals surface area contributed by atoms with Crippen molar-refractivity contribution in [2.24, 2.45) is 0 Å². The predicted octanol–water partition coefficient (Wildman–Crippen LogP) is 6.63. The van der Waals surface area contributed by atoms with Crippen LogP contribution in [0.3, 0.4) is 0 Å². The second-order valence-electron chi connectivity index (χ2n) is 8.85. The van der Waals surface area contributed by atoms with E-state index in [9.17, 15) is 21.8 Å². The number of hydrogen-bond donors (Lipinski definition) is 2. The summed E-state index contributed by atoms with van der Waals surface area (Å²) in [5.41, 5.74) is -2.98. The first-order chi connectivity index (χ1) is 18.9. The summed E-state index contributed by atoms with van der Waals surface area (Å²) in [6, 6.07) is 25.8. The number of benzene rings is 4. The zero-order chi connectivity index (χ0) is 29.1. The number of rotatable bonds is 10. The van der Waals surface area contributed by atoms with Crippen LogP contribution in [0.25, 0.3) is 11.1 Å². The van der Waals surface area contributed by atoms with Gasteiger partial charge in [-0.1, -0.05) is 90.5 Å². The highest BCUT2D eigenvalue weighted by Crippen LogP contribution is 2.60. The van der Waals surface area contributed by atoms with E-state index >= 15 is 0 Å². The Kier molecular flexibility index (Phi) is 8.80. The predicted molar refractivity (Wildman–Crippen MR) is 149 cm³/mol. The van der Waals surface area contributed by atoms with E-state index in [1.807, 2.05) is 42.5 Å². The zero-order valence-electron chi connectivity index (χ0n) is 21.1. The van der Waals surface area contributed by atoms with E-state index in [1.165, 1.54) is 29.6 Å². The highest BCUT2D eigenvalue weighted by Gasteiger charge is 2.51. The Labute approximate surface area is 235 Å². The normalized spacial score (nSPS) is 12.5. The zero-order valence-corrected chi connectivity index (χ0v) is 23.6. The molecule has 12 heteroatoms. The largest absolute Gasteiger partial charge is 0.495 e. The van der Waals surface area contributed by atoms with E-state index in [4.69, 9.17) is 26.1 Å². The van der Waals surface area contributed by atoms with Crippen molar-refractivity contribution in [1.82, 2.24) is 4.31 Å². The highest BCUT2D eigenvalue weighted by atomic mass is 35.5. The van der Waals surface area contributed by atoms with Gasteiger partial charge in [0.15, 0.2) is 0 Å². The molecule has 210 valence electrons. The molecule has 0 aliphatic rings. The molecule has 0 aliphatic heterocycles. The van der Waals surface area contributed by atoms with Crippen molar-refractivity contribution < 1.29 is 36.3 Å². The van der Waals surface area contributed by atoms with Gasteiger partial charge in [-0.05, 0) is 40.5 Å². The van der Waals surface area contributed by atoms with Gasteiger partial charge in [-0.15, -0.1) is 0 Å². The Balaban J connectivity index is 1.80. The number of sulfonamides is 1. The molecule has 7 nitrogen and oxygen atoms in total. The lowest BCUT2D eigenvalue weighted by Crippen LogP contribution is -2.31. The van der Waals surface area contributed by atoms with Gasteiger partial charge in [0.1, 0.15) is 10.6 Å². The molecule has 0 aromatic heterocycles. The van der Waals surface area contributed by atoms with Crippen LogP contribution in [-0.2, 0) is 33.3 Å². The molecular weight excluding hydrogens is 583 g/mol. The molecule has 0 amide bonds. The van der Waals surface area contributed by atoms with Crippen molar-refractivity contribution >= 4 is 29.2 Å². The summed E-state index contributed by atoms with van der Waals surface area (Å²) in [5, 5.41) is -0.606. The molecule has 0 saturated heterocycles. The van der Waals surface area contributed by atoms with Crippen LogP contribution in [0.1, 0.15) is 16.7 Å². The van der Waals surface area contributed by atoms with Crippen LogP contribution >= 0.6 is 19.2 Å². The molecule has 4 aromatic rings. The van der Waals surface area contributed by atoms with Gasteiger partial charge >= 0.3 is 13.3 Å². The van der Waals surface area contributed by atoms with E-state index in [2.05, 4.69) is 0 Å². The fourth-order valence-corrected chi connectivity index (χ4v) is 6.66. The third-order valence-electron chi connectivity index (χ3n) is 6.22. The van der Waals surface area contributed by atoms with E-state index in [0.717, 1.165) is 23.3 Å². The Morgan fingerprint density at radius 3 is 2.17 bits per heavy atom. The van der Waals surface area contributed by atoms with Crippen molar-refractivity contribution in [2.75, 3.05) is 7.11 Å². The summed E-state index contributed by atoms with van der Waals surface area (Å²) in [6.45, 7) is -0.381. The average molecular weight is 608 g/mol. The maximum atomic E-state index is 14.3. The summed E-state index contributed by atoms with van der Waals surface area (Å²) >= 11 is 6.04. The number of alkyl halides is 2. The number of hydrogen-bond acceptors (Lipinski definition) is 4. The maximum Gasteiger partial charge on any atom is 0.399 e. The smallest absolute Gasteiger partial charge is 0.399 e. The topological polar surface area (TPSA) is 104 Å². The Bertz CT molecular complexity index is 1660. The summed E-state index contributed by atoms with van der Waals surface area (Å²) < 4.78 is 74.5. The Morgan fingerprint density at radius 2 is 1.52 bits per heavy atom. The summed E-state index contributed by atoms with van der Waals surface area (Å²) in [7, 11) is -8.73. The first-order valence-corrected chi connectivity index (χ1v) is 15.3. The molecule has 0 aliphatic carbocycles. The van der Waals surface area contributed by atoms with E-state index in [1.54, 1.807) is 24.3 Å². The standard InChI is InChI=1S/C28H25ClF2NO6PS/c1-38-26-13-7-8-14-27(26)40(36,37)32(19-22-11-5-6-12-23(22)21-9-3-2-4-10-21)18-20-15-16-24(25(29)17-20)28(30,31)39(33,34)35/h2-17H,18-19H2,1H3,(H2,33,34,35). The van der Waals surface area contributed by atoms with Crippen LogP contribution < -0.4 is 4.74 Å². The van der Waals surface area contributed by atoms with Crippen LogP contribution in [-0.4, -0.2) is 29.6 Å². The van der Waals surface area contributed by atoms with E-state index in [-0.39, 0.29) is 29.3 Å². The number of ether oxygens (including phenoxy) is 1. The third-order valence-corrected chi connectivity index (χ3v) is 9.33. The van der Waals surface area contributed by atoms with Crippen molar-refractivity contribution in [3.8, 4) is 16.9 Å². The molecule has 0 heterocycles. The minimum Gasteiger partial charge on any atom is -0.495 e. The second kappa shape index (κ2) is 11.8. The fourth-order valence-electron chi connectivity index (χ4n) is 4.21. The van der Waals surface area contributed by atoms with Crippen molar-refractivity contribution in [3.63, 3.8) is 0 Å². The molecule has 0 bridgehead atoms. The van der Waals surface area contributed by atoms with Gasteiger partial charge in [-0.25, -0.2) is 8.42 Å². The molecule has 0 spiro atoms. The van der Waals surface area contributed by atoms with Gasteiger partial charge in [-0.3, -0.25) is 4.57 Å². The number of nitrogens with zero attached hydrogens (tertiary/aromatic N) is 1. The second-order valence-corrected chi connectivity index (χ2v) is 12.8. The van der Waals surface area contributed by atoms with E-state index < -0.39 is 33.9 Å². The quantitative estimate of drug-likeness (QED) is 0.196. The number of para-hydroxylation sites is 1. The summed E-state index contributed by atoms with van der Waals surface area (Å²) in [4.78, 5) is 18.1. The first kappa shape index (κ1) is 29.9. The minimum absolute atomic E-state index is 0.0922. The minimum atomic E-state index is -5.85. The molecule has 0 saturated carbocycles. The number of methoxy groups -OCH3 is 1. The van der Waals surface area contributed by atoms with Gasteiger partial charge in [0, 0.05) is 13.1 Å². The Hall–Kier alpha value is -3.11. The molecule has 0 radical (unpaired) electrons. The molecule has 4 aromatic carbocycles. The molecule has 40 heavy (non-hydrogen) atoms. The highest BCUT2D eigenvalue weighted by molar-refractivity contribution is 7.89. The van der Waals surface area contributed by atoms with Gasteiger partial charge in [-0.2, -0.15) is 13.1 Å². The van der Waals surface area contributed by atoms with Gasteiger partial charge < -0.3 is 14.5 Å². The lowest BCUT2D eigenvalue weighted by molar-refractivity contribution is 0.0565. The van der Waals surface area contributed by atoms with Crippen LogP contribution in [0.4, 0.5) is 8.78 Å². The molecule has 0 unspecified atom stereocenters. The summed E-state index contributed by atoms with van der Waals surface area (Å²) in [5.74, 6) is 0.124. The lowest BCUT2D eigenvalue weighted by atomic mass is 9.99. The molecule has 4 rings (SSSR count). The van der Waals surface area contributed by atoms with E-state index in [0.29, 0.717) is 5.56 Å². The van der Waals surface area contributed by atoms with Gasteiger partial charge in [0.05, 0.1) is 17.7 Å². The van der Waals surface area contributed by atoms with Gasteiger partial charge in [0.25, 0.3) is 0 Å². The number of halogens is 3.